The molecule has 0 unspecified atom stereocenters. The van der Waals surface area contributed by atoms with Gasteiger partial charge in [0.1, 0.15) is 0 Å². The first kappa shape index (κ1) is 27.4. The Morgan fingerprint density at radius 1 is 1.00 bits per heavy atom. The molecule has 1 saturated heterocycles. The van der Waals surface area contributed by atoms with E-state index in [4.69, 9.17) is 33.5 Å². The predicted molar refractivity (Wildman–Crippen MR) is 159 cm³/mol. The lowest BCUT2D eigenvalue weighted by Crippen LogP contribution is -2.50. The fourth-order valence-corrected chi connectivity index (χ4v) is 5.14. The summed E-state index contributed by atoms with van der Waals surface area (Å²) in [6, 6.07) is 14.3. The average Bonchev–Trinajstić information content (AvgIpc) is 3.35. The number of anilines is 2. The van der Waals surface area contributed by atoms with Crippen LogP contribution < -0.4 is 21.5 Å². The maximum atomic E-state index is 13.2. The number of nitrogens with zero attached hydrogens (tertiary/aromatic N) is 6. The van der Waals surface area contributed by atoms with E-state index in [1.54, 1.807) is 43.4 Å². The zero-order valence-corrected chi connectivity index (χ0v) is 23.8. The molecule has 2 aromatic carbocycles. The molecule has 1 aliphatic rings. The highest BCUT2D eigenvalue weighted by Gasteiger charge is 2.26. The molecule has 3 heterocycles. The fourth-order valence-electron chi connectivity index (χ4n) is 4.72. The quantitative estimate of drug-likeness (QED) is 0.281. The van der Waals surface area contributed by atoms with Crippen molar-refractivity contribution in [3.63, 3.8) is 0 Å². The van der Waals surface area contributed by atoms with Gasteiger partial charge in [-0.15, -0.1) is 0 Å². The number of aryl methyl sites for hydroxylation is 1. The van der Waals surface area contributed by atoms with Crippen molar-refractivity contribution in [1.29, 1.82) is 0 Å². The molecular formula is C27H28ClN7O4S. The molecular weight excluding hydrogens is 554 g/mol. The first-order chi connectivity index (χ1) is 19.2. The Morgan fingerprint density at radius 3 is 2.27 bits per heavy atom. The molecule has 0 atom stereocenters. The van der Waals surface area contributed by atoms with Crippen LogP contribution in [0, 0.1) is 0 Å². The van der Waals surface area contributed by atoms with E-state index in [0.29, 0.717) is 65.5 Å². The summed E-state index contributed by atoms with van der Waals surface area (Å²) >= 11 is 11.7. The van der Waals surface area contributed by atoms with Gasteiger partial charge < -0.3 is 19.9 Å². The second kappa shape index (κ2) is 11.1. The lowest BCUT2D eigenvalue weighted by atomic mass is 10.2. The van der Waals surface area contributed by atoms with Crippen LogP contribution >= 0.6 is 23.8 Å². The van der Waals surface area contributed by atoms with Crippen LogP contribution in [-0.4, -0.2) is 68.0 Å². The summed E-state index contributed by atoms with van der Waals surface area (Å²) < 4.78 is 9.12. The number of piperazine rings is 1. The number of ether oxygens (including phenoxy) is 1. The molecule has 0 aliphatic carbocycles. The van der Waals surface area contributed by atoms with Crippen molar-refractivity contribution in [1.82, 2.24) is 23.6 Å². The molecule has 1 N–H and O–H groups in total. The highest BCUT2D eigenvalue weighted by Crippen LogP contribution is 2.23. The van der Waals surface area contributed by atoms with E-state index in [-0.39, 0.29) is 0 Å². The van der Waals surface area contributed by atoms with E-state index in [2.05, 4.69) is 15.1 Å². The largest absolute Gasteiger partial charge is 0.465 e. The molecule has 0 amide bonds. The number of hydrogen-bond acceptors (Lipinski definition) is 7. The molecule has 5 rings (SSSR count). The highest BCUT2D eigenvalue weighted by atomic mass is 35.5. The number of methoxy groups -OCH3 is 1. The number of aromatic nitrogens is 4. The monoisotopic (exact) mass is 581 g/mol. The van der Waals surface area contributed by atoms with Crippen LogP contribution in [0.1, 0.15) is 15.9 Å². The predicted octanol–water partition coefficient (Wildman–Crippen LogP) is 2.44. The third-order valence-electron chi connectivity index (χ3n) is 6.99. The smallest absolute Gasteiger partial charge is 0.337 e. The number of nitrogens with one attached hydrogen (secondary N) is 1. The topological polar surface area (TPSA) is 107 Å². The number of thiocarbonyl (C=S) groups is 1. The normalized spacial score (nSPS) is 13.5. The third kappa shape index (κ3) is 5.19. The summed E-state index contributed by atoms with van der Waals surface area (Å²) in [6.45, 7) is 2.82. The number of rotatable bonds is 5. The van der Waals surface area contributed by atoms with E-state index < -0.39 is 17.2 Å². The van der Waals surface area contributed by atoms with Crippen LogP contribution in [0.2, 0.25) is 5.02 Å². The molecule has 208 valence electrons. The molecule has 11 nitrogen and oxygen atoms in total. The summed E-state index contributed by atoms with van der Waals surface area (Å²) in [4.78, 5) is 46.5. The van der Waals surface area contributed by atoms with Gasteiger partial charge in [0.2, 0.25) is 5.95 Å². The van der Waals surface area contributed by atoms with E-state index in [1.807, 2.05) is 16.7 Å². The van der Waals surface area contributed by atoms with E-state index >= 15 is 0 Å². The van der Waals surface area contributed by atoms with Gasteiger partial charge in [0.25, 0.3) is 5.56 Å². The zero-order chi connectivity index (χ0) is 28.6. The lowest BCUT2D eigenvalue weighted by Gasteiger charge is -2.36. The molecule has 0 radical (unpaired) electrons. The van der Waals surface area contributed by atoms with Gasteiger partial charge in [-0.3, -0.25) is 18.5 Å². The summed E-state index contributed by atoms with van der Waals surface area (Å²) in [5.41, 5.74) is 2.05. The number of esters is 1. The van der Waals surface area contributed by atoms with Gasteiger partial charge in [0.15, 0.2) is 16.3 Å². The summed E-state index contributed by atoms with van der Waals surface area (Å²) in [7, 11) is 4.43. The molecule has 40 heavy (non-hydrogen) atoms. The molecule has 2 aromatic heterocycles. The average molecular weight is 582 g/mol. The first-order valence-electron chi connectivity index (χ1n) is 12.6. The number of halogens is 1. The minimum Gasteiger partial charge on any atom is -0.465 e. The fraction of sp³-hybridized carbons (Fsp3) is 0.296. The van der Waals surface area contributed by atoms with Crippen molar-refractivity contribution < 1.29 is 9.53 Å². The van der Waals surface area contributed by atoms with Gasteiger partial charge in [0, 0.05) is 51.0 Å². The lowest BCUT2D eigenvalue weighted by molar-refractivity contribution is 0.0601. The van der Waals surface area contributed by atoms with Crippen molar-refractivity contribution in [2.45, 2.75) is 6.54 Å². The Morgan fingerprint density at radius 2 is 1.65 bits per heavy atom. The summed E-state index contributed by atoms with van der Waals surface area (Å²) in [5.74, 6) is 0.213. The van der Waals surface area contributed by atoms with Crippen molar-refractivity contribution in [2.75, 3.05) is 43.5 Å². The van der Waals surface area contributed by atoms with E-state index in [0.717, 1.165) is 15.8 Å². The number of carbonyl (C=O) groups is 1. The Balaban J connectivity index is 1.38. The second-order valence-electron chi connectivity index (χ2n) is 9.48. The van der Waals surface area contributed by atoms with Crippen molar-refractivity contribution in [2.24, 2.45) is 14.1 Å². The van der Waals surface area contributed by atoms with Crippen LogP contribution in [0.4, 0.5) is 11.6 Å². The first-order valence-corrected chi connectivity index (χ1v) is 13.4. The van der Waals surface area contributed by atoms with Crippen LogP contribution in [0.3, 0.4) is 0 Å². The van der Waals surface area contributed by atoms with Gasteiger partial charge in [-0.1, -0.05) is 23.7 Å². The minimum absolute atomic E-state index is 0.340. The maximum absolute atomic E-state index is 13.2. The summed E-state index contributed by atoms with van der Waals surface area (Å²) in [6.07, 6.45) is 0. The highest BCUT2D eigenvalue weighted by molar-refractivity contribution is 7.80. The van der Waals surface area contributed by atoms with Gasteiger partial charge in [-0.05, 0) is 54.2 Å². The molecule has 13 heteroatoms. The van der Waals surface area contributed by atoms with Gasteiger partial charge in [-0.25, -0.2) is 9.59 Å². The molecule has 0 bridgehead atoms. The molecule has 1 aliphatic heterocycles. The zero-order valence-electron chi connectivity index (χ0n) is 22.3. The number of carbonyl (C=O) groups excluding carboxylic acids is 1. The Bertz CT molecular complexity index is 1700. The van der Waals surface area contributed by atoms with Gasteiger partial charge in [-0.2, -0.15) is 4.98 Å². The van der Waals surface area contributed by atoms with E-state index in [9.17, 15) is 14.4 Å². The maximum Gasteiger partial charge on any atom is 0.337 e. The minimum atomic E-state index is -0.430. The summed E-state index contributed by atoms with van der Waals surface area (Å²) in [5, 5.41) is 4.41. The number of hydrogen-bond donors (Lipinski definition) is 1. The van der Waals surface area contributed by atoms with Crippen LogP contribution in [-0.2, 0) is 25.4 Å². The van der Waals surface area contributed by atoms with Crippen molar-refractivity contribution in [3.05, 3.63) is 85.5 Å². The van der Waals surface area contributed by atoms with Gasteiger partial charge >= 0.3 is 11.7 Å². The molecule has 0 spiro atoms. The Labute approximate surface area is 240 Å². The third-order valence-corrected chi connectivity index (χ3v) is 7.60. The molecule has 4 aromatic rings. The number of imidazole rings is 1. The number of fused-ring (bicyclic) bond motifs is 1. The Hall–Kier alpha value is -4.16. The van der Waals surface area contributed by atoms with Crippen molar-refractivity contribution in [3.8, 4) is 0 Å². The van der Waals surface area contributed by atoms with Crippen LogP contribution in [0.15, 0.2) is 58.1 Å². The van der Waals surface area contributed by atoms with Crippen molar-refractivity contribution >= 4 is 57.7 Å². The van der Waals surface area contributed by atoms with Crippen LogP contribution in [0.25, 0.3) is 11.2 Å². The van der Waals surface area contributed by atoms with E-state index in [1.165, 1.54) is 18.7 Å². The van der Waals surface area contributed by atoms with Gasteiger partial charge in [0.05, 0.1) is 19.2 Å². The number of benzene rings is 2. The molecule has 0 saturated carbocycles. The standard InChI is InChI=1S/C27H28ClN7O4S/c1-31-22-21(23(36)32(2)27(31)38)35(16-17-4-8-19(28)9-5-17)25(30-22)33-12-14-34(15-13-33)26(40)29-20-10-6-18(7-11-20)24(37)39-3/h4-11H,12-16H2,1-3H3,(H,29,40). The van der Waals surface area contributed by atoms with Crippen LogP contribution in [0.5, 0.6) is 0 Å². The molecule has 1 fully saturated rings. The Kier molecular flexibility index (Phi) is 7.63. The second-order valence-corrected chi connectivity index (χ2v) is 10.3. The SMILES string of the molecule is COC(=O)c1ccc(NC(=S)N2CCN(c3nc4c(c(=O)n(C)c(=O)n4C)n3Cc3ccc(Cl)cc3)CC2)cc1.